The highest BCUT2D eigenvalue weighted by Crippen LogP contribution is 2.15. The summed E-state index contributed by atoms with van der Waals surface area (Å²) in [6.45, 7) is 8.15. The highest BCUT2D eigenvalue weighted by molar-refractivity contribution is 14.0. The fourth-order valence-electron chi connectivity index (χ4n) is 2.53. The maximum atomic E-state index is 11.7. The largest absolute Gasteiger partial charge is 0.383 e. The molecule has 0 aliphatic carbocycles. The van der Waals surface area contributed by atoms with E-state index in [0.29, 0.717) is 19.1 Å². The minimum absolute atomic E-state index is 0. The second kappa shape index (κ2) is 14.5. The smallest absolute Gasteiger partial charge is 0.243 e. The summed E-state index contributed by atoms with van der Waals surface area (Å²) < 4.78 is 5.04. The molecule has 1 heterocycles. The van der Waals surface area contributed by atoms with Crippen LogP contribution in [0.4, 0.5) is 0 Å². The third kappa shape index (κ3) is 11.6. The molecule has 1 aliphatic heterocycles. The van der Waals surface area contributed by atoms with E-state index in [4.69, 9.17) is 4.74 Å². The van der Waals surface area contributed by atoms with Crippen LogP contribution in [-0.2, 0) is 9.53 Å². The van der Waals surface area contributed by atoms with Gasteiger partial charge in [-0.15, -0.1) is 24.0 Å². The van der Waals surface area contributed by atoms with Crippen LogP contribution in [-0.4, -0.2) is 88.7 Å². The van der Waals surface area contributed by atoms with Crippen LogP contribution >= 0.6 is 24.0 Å². The van der Waals surface area contributed by atoms with Crippen molar-refractivity contribution in [1.29, 1.82) is 0 Å². The molecule has 0 radical (unpaired) electrons. The lowest BCUT2D eigenvalue weighted by Gasteiger charge is -2.30. The number of ether oxygens (including phenoxy) is 1. The molecular formula is C17H36IN5O2. The van der Waals surface area contributed by atoms with Crippen molar-refractivity contribution in [2.45, 2.75) is 26.2 Å². The zero-order chi connectivity index (χ0) is 17.8. The number of guanidine groups is 1. The summed E-state index contributed by atoms with van der Waals surface area (Å²) in [6.07, 6.45) is 3.69. The first kappa shape index (κ1) is 24.4. The molecule has 2 N–H and O–H groups in total. The lowest BCUT2D eigenvalue weighted by Crippen LogP contribution is -2.41. The van der Waals surface area contributed by atoms with E-state index < -0.39 is 0 Å². The molecule has 1 saturated heterocycles. The first-order chi connectivity index (χ1) is 11.5. The van der Waals surface area contributed by atoms with E-state index in [1.54, 1.807) is 26.1 Å². The summed E-state index contributed by atoms with van der Waals surface area (Å²) in [5.41, 5.74) is 0. The lowest BCUT2D eigenvalue weighted by atomic mass is 9.99. The maximum absolute atomic E-state index is 11.7. The third-order valence-electron chi connectivity index (χ3n) is 4.29. The van der Waals surface area contributed by atoms with Crippen LogP contribution in [0.15, 0.2) is 4.99 Å². The molecule has 1 aliphatic rings. The Morgan fingerprint density at radius 3 is 2.48 bits per heavy atom. The molecule has 0 aromatic carbocycles. The number of methoxy groups -OCH3 is 1. The Labute approximate surface area is 170 Å². The van der Waals surface area contributed by atoms with Crippen LogP contribution in [0.2, 0.25) is 0 Å². The van der Waals surface area contributed by atoms with Crippen LogP contribution < -0.4 is 10.6 Å². The first-order valence-corrected chi connectivity index (χ1v) is 8.96. The predicted octanol–water partition coefficient (Wildman–Crippen LogP) is 0.996. The molecule has 1 rings (SSSR count). The molecule has 148 valence electrons. The van der Waals surface area contributed by atoms with Crippen LogP contribution in [0.25, 0.3) is 0 Å². The molecule has 25 heavy (non-hydrogen) atoms. The first-order valence-electron chi connectivity index (χ1n) is 8.96. The van der Waals surface area contributed by atoms with Crippen molar-refractivity contribution in [3.05, 3.63) is 0 Å². The highest BCUT2D eigenvalue weighted by atomic mass is 127. The number of halogens is 1. The minimum Gasteiger partial charge on any atom is -0.383 e. The molecule has 1 amide bonds. The Hall–Kier alpha value is -0.610. The van der Waals surface area contributed by atoms with Crippen molar-refractivity contribution in [1.82, 2.24) is 20.4 Å². The number of rotatable bonds is 9. The van der Waals surface area contributed by atoms with E-state index in [9.17, 15) is 4.79 Å². The number of aliphatic imine (C=N–C) groups is 1. The van der Waals surface area contributed by atoms with Gasteiger partial charge in [0.25, 0.3) is 0 Å². The number of likely N-dealkylation sites (tertiary alicyclic amines) is 1. The lowest BCUT2D eigenvalue weighted by molar-refractivity contribution is -0.127. The van der Waals surface area contributed by atoms with Crippen molar-refractivity contribution < 1.29 is 9.53 Å². The van der Waals surface area contributed by atoms with Crippen molar-refractivity contribution in [3.8, 4) is 0 Å². The Kier molecular flexibility index (Phi) is 14.2. The van der Waals surface area contributed by atoms with Gasteiger partial charge >= 0.3 is 0 Å². The normalized spacial score (nSPS) is 16.2. The maximum Gasteiger partial charge on any atom is 0.243 e. The summed E-state index contributed by atoms with van der Waals surface area (Å²) in [6, 6.07) is 0. The number of nitrogens with one attached hydrogen (secondary N) is 2. The van der Waals surface area contributed by atoms with Gasteiger partial charge in [0.1, 0.15) is 6.54 Å². The van der Waals surface area contributed by atoms with E-state index in [-0.39, 0.29) is 36.4 Å². The molecule has 1 fully saturated rings. The average molecular weight is 469 g/mol. The quantitative estimate of drug-likeness (QED) is 0.228. The van der Waals surface area contributed by atoms with Gasteiger partial charge in [-0.1, -0.05) is 6.92 Å². The summed E-state index contributed by atoms with van der Waals surface area (Å²) in [4.78, 5) is 20.1. The molecule has 8 heteroatoms. The van der Waals surface area contributed by atoms with Gasteiger partial charge in [-0.05, 0) is 44.8 Å². The second-order valence-corrected chi connectivity index (χ2v) is 6.68. The number of nitrogens with zero attached hydrogens (tertiary/aromatic N) is 3. The molecule has 7 nitrogen and oxygen atoms in total. The fourth-order valence-corrected chi connectivity index (χ4v) is 2.53. The molecule has 0 aromatic rings. The van der Waals surface area contributed by atoms with Gasteiger partial charge in [0.05, 0.1) is 6.61 Å². The summed E-state index contributed by atoms with van der Waals surface area (Å²) in [5.74, 6) is 1.54. The molecule has 0 bridgehead atoms. The highest BCUT2D eigenvalue weighted by Gasteiger charge is 2.14. The van der Waals surface area contributed by atoms with E-state index in [0.717, 1.165) is 25.4 Å². The Balaban J connectivity index is 0.00000576. The molecule has 0 atom stereocenters. The number of carbonyl (C=O) groups is 1. The number of likely N-dealkylation sites (N-methyl/N-ethyl adjacent to an activating group) is 1. The summed E-state index contributed by atoms with van der Waals surface area (Å²) >= 11 is 0. The summed E-state index contributed by atoms with van der Waals surface area (Å²) in [5, 5.41) is 6.50. The molecular weight excluding hydrogens is 433 g/mol. The number of piperidine rings is 1. The Bertz CT molecular complexity index is 385. The average Bonchev–Trinajstić information content (AvgIpc) is 2.57. The van der Waals surface area contributed by atoms with Gasteiger partial charge in [-0.25, -0.2) is 4.99 Å². The molecule has 0 unspecified atom stereocenters. The third-order valence-corrected chi connectivity index (χ3v) is 4.29. The van der Waals surface area contributed by atoms with E-state index in [2.05, 4.69) is 27.4 Å². The van der Waals surface area contributed by atoms with E-state index >= 15 is 0 Å². The monoisotopic (exact) mass is 469 g/mol. The van der Waals surface area contributed by atoms with Crippen LogP contribution in [0, 0.1) is 5.92 Å². The number of carbonyl (C=O) groups excluding carboxylic acids is 1. The molecule has 0 saturated carbocycles. The van der Waals surface area contributed by atoms with Crippen LogP contribution in [0.3, 0.4) is 0 Å². The van der Waals surface area contributed by atoms with Crippen LogP contribution in [0.5, 0.6) is 0 Å². The van der Waals surface area contributed by atoms with E-state index in [1.165, 1.54) is 25.9 Å². The van der Waals surface area contributed by atoms with Gasteiger partial charge in [-0.2, -0.15) is 0 Å². The van der Waals surface area contributed by atoms with Crippen molar-refractivity contribution in [3.63, 3.8) is 0 Å². The van der Waals surface area contributed by atoms with Crippen molar-refractivity contribution in [2.75, 3.05) is 67.1 Å². The van der Waals surface area contributed by atoms with Gasteiger partial charge in [0, 0.05) is 34.3 Å². The number of hydrogen-bond donors (Lipinski definition) is 2. The topological polar surface area (TPSA) is 69.2 Å². The molecule has 0 aromatic heterocycles. The fraction of sp³-hybridized carbons (Fsp3) is 0.882. The Morgan fingerprint density at radius 1 is 1.24 bits per heavy atom. The van der Waals surface area contributed by atoms with Crippen molar-refractivity contribution >= 4 is 35.8 Å². The number of hydrogen-bond acceptors (Lipinski definition) is 4. The van der Waals surface area contributed by atoms with Gasteiger partial charge < -0.3 is 25.2 Å². The summed E-state index contributed by atoms with van der Waals surface area (Å²) in [7, 11) is 5.15. The van der Waals surface area contributed by atoms with E-state index in [1.807, 2.05) is 0 Å². The SMILES string of the molecule is COCCNC(=NCC(=O)N(C)C)NCCCN1CCC(C)CC1.I. The van der Waals surface area contributed by atoms with Crippen molar-refractivity contribution in [2.24, 2.45) is 10.9 Å². The van der Waals surface area contributed by atoms with Gasteiger partial charge in [-0.3, -0.25) is 4.79 Å². The standard InChI is InChI=1S/C17H35N5O2.HI/c1-15-6-11-22(12-7-15)10-5-8-18-17(19-9-13-24-4)20-14-16(23)21(2)3;/h15H,5-14H2,1-4H3,(H2,18,19,20);1H. The van der Waals surface area contributed by atoms with Gasteiger partial charge in [0.2, 0.25) is 5.91 Å². The zero-order valence-corrected chi connectivity index (χ0v) is 18.5. The zero-order valence-electron chi connectivity index (χ0n) is 16.2. The van der Waals surface area contributed by atoms with Gasteiger partial charge in [0.15, 0.2) is 5.96 Å². The van der Waals surface area contributed by atoms with Crippen LogP contribution in [0.1, 0.15) is 26.2 Å². The number of amides is 1. The Morgan fingerprint density at radius 2 is 1.88 bits per heavy atom. The second-order valence-electron chi connectivity index (χ2n) is 6.68. The minimum atomic E-state index is -0.00900. The molecule has 0 spiro atoms. The predicted molar refractivity (Wildman–Crippen MR) is 114 cm³/mol.